The standard InChI is InChI=1S/C20H21NO5S/c1-23-16-8-7-14(18(24-2)19(16)25-3)20(22)21-11-10-13-6-9-17(27-13)15-5-4-12-26-15/h4-9,12H,10-11H2,1-3H3,(H,21,22). The number of hydrogen-bond acceptors (Lipinski definition) is 6. The van der Waals surface area contributed by atoms with Gasteiger partial charge >= 0.3 is 0 Å². The van der Waals surface area contributed by atoms with E-state index in [2.05, 4.69) is 5.32 Å². The highest BCUT2D eigenvalue weighted by Gasteiger charge is 2.20. The predicted molar refractivity (Wildman–Crippen MR) is 104 cm³/mol. The summed E-state index contributed by atoms with van der Waals surface area (Å²) in [6, 6.07) is 11.2. The van der Waals surface area contributed by atoms with Gasteiger partial charge in [0.15, 0.2) is 11.5 Å². The summed E-state index contributed by atoms with van der Waals surface area (Å²) in [4.78, 5) is 14.8. The second-order valence-electron chi connectivity index (χ2n) is 5.63. The lowest BCUT2D eigenvalue weighted by molar-refractivity contribution is 0.0950. The average molecular weight is 387 g/mol. The molecule has 0 aliphatic rings. The van der Waals surface area contributed by atoms with E-state index in [1.165, 1.54) is 26.2 Å². The molecule has 0 bridgehead atoms. The molecule has 0 radical (unpaired) electrons. The van der Waals surface area contributed by atoms with Crippen molar-refractivity contribution in [1.29, 1.82) is 0 Å². The summed E-state index contributed by atoms with van der Waals surface area (Å²) in [5.74, 6) is 1.88. The molecule has 1 N–H and O–H groups in total. The van der Waals surface area contributed by atoms with Gasteiger partial charge in [-0.3, -0.25) is 4.79 Å². The molecule has 142 valence electrons. The Kier molecular flexibility index (Phi) is 6.03. The summed E-state index contributed by atoms with van der Waals surface area (Å²) in [6.45, 7) is 0.508. The molecule has 0 saturated carbocycles. The molecule has 0 aliphatic carbocycles. The highest BCUT2D eigenvalue weighted by molar-refractivity contribution is 7.15. The van der Waals surface area contributed by atoms with Crippen LogP contribution in [0.4, 0.5) is 0 Å². The lowest BCUT2D eigenvalue weighted by atomic mass is 10.1. The van der Waals surface area contributed by atoms with E-state index in [9.17, 15) is 4.79 Å². The second kappa shape index (κ2) is 8.64. The van der Waals surface area contributed by atoms with Crippen LogP contribution in [-0.2, 0) is 6.42 Å². The first-order valence-corrected chi connectivity index (χ1v) is 9.19. The number of rotatable bonds is 8. The maximum absolute atomic E-state index is 12.6. The van der Waals surface area contributed by atoms with Crippen molar-refractivity contribution in [3.05, 3.63) is 53.1 Å². The Morgan fingerprint density at radius 3 is 2.52 bits per heavy atom. The Labute approximate surface area is 161 Å². The number of methoxy groups -OCH3 is 3. The fourth-order valence-corrected chi connectivity index (χ4v) is 3.71. The molecular formula is C20H21NO5S. The molecule has 2 heterocycles. The third kappa shape index (κ3) is 4.09. The van der Waals surface area contributed by atoms with Gasteiger partial charge in [-0.2, -0.15) is 0 Å². The Morgan fingerprint density at radius 1 is 1.04 bits per heavy atom. The van der Waals surface area contributed by atoms with Crippen LogP contribution in [0.1, 0.15) is 15.2 Å². The largest absolute Gasteiger partial charge is 0.493 e. The summed E-state index contributed by atoms with van der Waals surface area (Å²) in [6.07, 6.45) is 2.39. The minimum absolute atomic E-state index is 0.226. The molecule has 2 aromatic heterocycles. The van der Waals surface area contributed by atoms with Gasteiger partial charge in [-0.25, -0.2) is 0 Å². The molecule has 3 aromatic rings. The molecule has 0 atom stereocenters. The van der Waals surface area contributed by atoms with Crippen LogP contribution in [-0.4, -0.2) is 33.8 Å². The third-order valence-corrected chi connectivity index (χ3v) is 5.19. The van der Waals surface area contributed by atoms with Crippen LogP contribution in [0.5, 0.6) is 17.2 Å². The van der Waals surface area contributed by atoms with Crippen LogP contribution in [0.3, 0.4) is 0 Å². The van der Waals surface area contributed by atoms with E-state index in [1.807, 2.05) is 24.3 Å². The summed E-state index contributed by atoms with van der Waals surface area (Å²) < 4.78 is 21.3. The average Bonchev–Trinajstić information content (AvgIpc) is 3.38. The highest BCUT2D eigenvalue weighted by atomic mass is 32.1. The smallest absolute Gasteiger partial charge is 0.255 e. The van der Waals surface area contributed by atoms with E-state index in [-0.39, 0.29) is 5.91 Å². The normalized spacial score (nSPS) is 10.5. The fourth-order valence-electron chi connectivity index (χ4n) is 2.74. The van der Waals surface area contributed by atoms with E-state index < -0.39 is 0 Å². The van der Waals surface area contributed by atoms with Gasteiger partial charge in [-0.15, -0.1) is 11.3 Å². The highest BCUT2D eigenvalue weighted by Crippen LogP contribution is 2.39. The maximum Gasteiger partial charge on any atom is 0.255 e. The van der Waals surface area contributed by atoms with Crippen molar-refractivity contribution in [2.45, 2.75) is 6.42 Å². The third-order valence-electron chi connectivity index (χ3n) is 4.03. The lowest BCUT2D eigenvalue weighted by Crippen LogP contribution is -2.26. The zero-order valence-corrected chi connectivity index (χ0v) is 16.2. The number of hydrogen-bond donors (Lipinski definition) is 1. The zero-order valence-electron chi connectivity index (χ0n) is 15.4. The van der Waals surface area contributed by atoms with Crippen LogP contribution in [0.25, 0.3) is 10.6 Å². The lowest BCUT2D eigenvalue weighted by Gasteiger charge is -2.15. The van der Waals surface area contributed by atoms with E-state index in [0.29, 0.717) is 29.4 Å². The summed E-state index contributed by atoms with van der Waals surface area (Å²) >= 11 is 1.65. The summed E-state index contributed by atoms with van der Waals surface area (Å²) in [7, 11) is 4.54. The molecule has 7 heteroatoms. The van der Waals surface area contributed by atoms with Crippen LogP contribution in [0.15, 0.2) is 47.1 Å². The molecule has 1 aromatic carbocycles. The monoisotopic (exact) mass is 387 g/mol. The Balaban J connectivity index is 1.64. The number of carbonyl (C=O) groups is 1. The Bertz CT molecular complexity index is 901. The van der Waals surface area contributed by atoms with Crippen molar-refractivity contribution in [3.8, 4) is 27.9 Å². The predicted octanol–water partition coefficient (Wildman–Crippen LogP) is 4.01. The van der Waals surface area contributed by atoms with Gasteiger partial charge < -0.3 is 23.9 Å². The molecule has 0 saturated heterocycles. The van der Waals surface area contributed by atoms with E-state index in [1.54, 1.807) is 29.7 Å². The molecule has 0 fully saturated rings. The van der Waals surface area contributed by atoms with Crippen LogP contribution < -0.4 is 19.5 Å². The van der Waals surface area contributed by atoms with Gasteiger partial charge in [0.05, 0.1) is 38.0 Å². The first kappa shape index (κ1) is 18.8. The van der Waals surface area contributed by atoms with Gasteiger partial charge in [0, 0.05) is 11.4 Å². The molecule has 0 spiro atoms. The minimum atomic E-state index is -0.226. The molecule has 0 unspecified atom stereocenters. The number of furan rings is 1. The molecule has 3 rings (SSSR count). The van der Waals surface area contributed by atoms with Crippen molar-refractivity contribution in [2.24, 2.45) is 0 Å². The second-order valence-corrected chi connectivity index (χ2v) is 6.80. The van der Waals surface area contributed by atoms with Gasteiger partial charge in [0.2, 0.25) is 5.75 Å². The molecule has 27 heavy (non-hydrogen) atoms. The van der Waals surface area contributed by atoms with Gasteiger partial charge in [-0.1, -0.05) is 0 Å². The molecule has 6 nitrogen and oxygen atoms in total. The van der Waals surface area contributed by atoms with Crippen molar-refractivity contribution in [3.63, 3.8) is 0 Å². The van der Waals surface area contributed by atoms with E-state index in [0.717, 1.165) is 17.1 Å². The Hall–Kier alpha value is -2.93. The number of amides is 1. The number of thiophene rings is 1. The summed E-state index contributed by atoms with van der Waals surface area (Å²) in [5.41, 5.74) is 0.401. The van der Waals surface area contributed by atoms with Crippen LogP contribution in [0, 0.1) is 0 Å². The molecular weight excluding hydrogens is 366 g/mol. The van der Waals surface area contributed by atoms with Gasteiger partial charge in [0.25, 0.3) is 5.91 Å². The topological polar surface area (TPSA) is 69.9 Å². The first-order chi connectivity index (χ1) is 13.2. The maximum atomic E-state index is 12.6. The van der Waals surface area contributed by atoms with Crippen molar-refractivity contribution in [2.75, 3.05) is 27.9 Å². The van der Waals surface area contributed by atoms with Gasteiger partial charge in [0.1, 0.15) is 5.76 Å². The molecule has 1 amide bonds. The number of ether oxygens (including phenoxy) is 3. The number of benzene rings is 1. The quantitative estimate of drug-likeness (QED) is 0.632. The van der Waals surface area contributed by atoms with Crippen LogP contribution >= 0.6 is 11.3 Å². The van der Waals surface area contributed by atoms with Crippen molar-refractivity contribution < 1.29 is 23.4 Å². The van der Waals surface area contributed by atoms with E-state index >= 15 is 0 Å². The van der Waals surface area contributed by atoms with Gasteiger partial charge in [-0.05, 0) is 42.8 Å². The van der Waals surface area contributed by atoms with Crippen molar-refractivity contribution >= 4 is 17.2 Å². The van der Waals surface area contributed by atoms with E-state index in [4.69, 9.17) is 18.6 Å². The molecule has 0 aliphatic heterocycles. The van der Waals surface area contributed by atoms with Crippen molar-refractivity contribution in [1.82, 2.24) is 5.32 Å². The number of nitrogens with one attached hydrogen (secondary N) is 1. The summed E-state index contributed by atoms with van der Waals surface area (Å²) in [5, 5.41) is 2.92. The minimum Gasteiger partial charge on any atom is -0.493 e. The number of carbonyl (C=O) groups excluding carboxylic acids is 1. The Morgan fingerprint density at radius 2 is 1.85 bits per heavy atom. The zero-order chi connectivity index (χ0) is 19.2. The van der Waals surface area contributed by atoms with Crippen LogP contribution in [0.2, 0.25) is 0 Å². The fraction of sp³-hybridized carbons (Fsp3) is 0.250. The SMILES string of the molecule is COc1ccc(C(=O)NCCc2ccc(-c3ccco3)s2)c(OC)c1OC. The first-order valence-electron chi connectivity index (χ1n) is 8.37.